The first kappa shape index (κ1) is 15.3. The summed E-state index contributed by atoms with van der Waals surface area (Å²) < 4.78 is 0. The normalized spacial score (nSPS) is 32.1. The lowest BCUT2D eigenvalue weighted by molar-refractivity contribution is 0.200. The Morgan fingerprint density at radius 2 is 1.84 bits per heavy atom. The predicted octanol–water partition coefficient (Wildman–Crippen LogP) is 2.04. The summed E-state index contributed by atoms with van der Waals surface area (Å²) >= 11 is 0. The molecule has 0 aromatic rings. The van der Waals surface area contributed by atoms with Crippen molar-refractivity contribution in [1.29, 1.82) is 0 Å². The molecule has 1 aliphatic heterocycles. The smallest absolute Gasteiger partial charge is 0.0254 e. The van der Waals surface area contributed by atoms with Crippen LogP contribution in [0.4, 0.5) is 0 Å². The lowest BCUT2D eigenvalue weighted by Gasteiger charge is -2.33. The summed E-state index contributed by atoms with van der Waals surface area (Å²) in [5.41, 5.74) is 0. The van der Waals surface area contributed by atoms with Crippen molar-refractivity contribution in [3.05, 3.63) is 0 Å². The van der Waals surface area contributed by atoms with E-state index in [0.717, 1.165) is 17.9 Å². The van der Waals surface area contributed by atoms with Crippen molar-refractivity contribution < 1.29 is 0 Å². The van der Waals surface area contributed by atoms with Gasteiger partial charge in [0.05, 0.1) is 0 Å². The molecule has 3 unspecified atom stereocenters. The van der Waals surface area contributed by atoms with Crippen molar-refractivity contribution >= 4 is 0 Å². The summed E-state index contributed by atoms with van der Waals surface area (Å²) in [5.74, 6) is 1.71. The molecule has 2 fully saturated rings. The monoisotopic (exact) mass is 267 g/mol. The average Bonchev–Trinajstić information content (AvgIpc) is 2.78. The molecule has 1 heterocycles. The number of hydrogen-bond acceptors (Lipinski definition) is 3. The fourth-order valence-corrected chi connectivity index (χ4v) is 4.16. The van der Waals surface area contributed by atoms with E-state index >= 15 is 0 Å². The molecule has 0 aromatic heterocycles. The Balaban J connectivity index is 1.85. The molecule has 1 N–H and O–H groups in total. The maximum absolute atomic E-state index is 3.60. The Labute approximate surface area is 119 Å². The van der Waals surface area contributed by atoms with E-state index < -0.39 is 0 Å². The van der Waals surface area contributed by atoms with Gasteiger partial charge < -0.3 is 10.2 Å². The third kappa shape index (κ3) is 3.93. The molecule has 2 rings (SSSR count). The van der Waals surface area contributed by atoms with Gasteiger partial charge in [0.1, 0.15) is 0 Å². The minimum absolute atomic E-state index is 0.702. The second-order valence-corrected chi connectivity index (χ2v) is 7.02. The molecule has 1 saturated carbocycles. The van der Waals surface area contributed by atoms with Gasteiger partial charge in [0.25, 0.3) is 0 Å². The van der Waals surface area contributed by atoms with Crippen LogP contribution in [0.2, 0.25) is 0 Å². The maximum Gasteiger partial charge on any atom is 0.0254 e. The van der Waals surface area contributed by atoms with Crippen LogP contribution in [0, 0.1) is 11.8 Å². The molecule has 3 heteroatoms. The zero-order valence-corrected chi connectivity index (χ0v) is 13.4. The summed E-state index contributed by atoms with van der Waals surface area (Å²) in [4.78, 5) is 5.09. The highest BCUT2D eigenvalue weighted by atomic mass is 15.2. The van der Waals surface area contributed by atoms with Crippen LogP contribution in [-0.4, -0.2) is 62.7 Å². The first-order valence-corrected chi connectivity index (χ1v) is 8.18. The zero-order valence-electron chi connectivity index (χ0n) is 13.4. The van der Waals surface area contributed by atoms with Crippen molar-refractivity contribution in [2.24, 2.45) is 11.8 Å². The highest BCUT2D eigenvalue weighted by Crippen LogP contribution is 2.28. The summed E-state index contributed by atoms with van der Waals surface area (Å²) in [6.45, 7) is 6.17. The van der Waals surface area contributed by atoms with Crippen LogP contribution >= 0.6 is 0 Å². The van der Waals surface area contributed by atoms with Crippen molar-refractivity contribution in [3.63, 3.8) is 0 Å². The molecular weight excluding hydrogens is 234 g/mol. The van der Waals surface area contributed by atoms with E-state index in [1.807, 2.05) is 0 Å². The molecule has 112 valence electrons. The van der Waals surface area contributed by atoms with Crippen LogP contribution in [0.25, 0.3) is 0 Å². The van der Waals surface area contributed by atoms with E-state index in [1.165, 1.54) is 51.7 Å². The molecule has 2 aliphatic rings. The molecule has 1 saturated heterocycles. The van der Waals surface area contributed by atoms with Crippen LogP contribution in [0.15, 0.2) is 0 Å². The highest BCUT2D eigenvalue weighted by Gasteiger charge is 2.33. The van der Waals surface area contributed by atoms with Crippen molar-refractivity contribution in [2.75, 3.05) is 40.8 Å². The van der Waals surface area contributed by atoms with Crippen LogP contribution < -0.4 is 5.32 Å². The van der Waals surface area contributed by atoms with Gasteiger partial charge in [-0.15, -0.1) is 0 Å². The van der Waals surface area contributed by atoms with E-state index in [1.54, 1.807) is 0 Å². The lowest BCUT2D eigenvalue weighted by atomic mass is 9.83. The Morgan fingerprint density at radius 1 is 1.16 bits per heavy atom. The van der Waals surface area contributed by atoms with Crippen LogP contribution in [0.5, 0.6) is 0 Å². The van der Waals surface area contributed by atoms with E-state index in [-0.39, 0.29) is 0 Å². The Kier molecular flexibility index (Phi) is 5.67. The van der Waals surface area contributed by atoms with Gasteiger partial charge in [-0.25, -0.2) is 0 Å². The van der Waals surface area contributed by atoms with E-state index in [0.29, 0.717) is 6.04 Å². The number of hydrogen-bond donors (Lipinski definition) is 1. The fraction of sp³-hybridized carbons (Fsp3) is 1.00. The van der Waals surface area contributed by atoms with Crippen molar-refractivity contribution in [1.82, 2.24) is 15.1 Å². The highest BCUT2D eigenvalue weighted by molar-refractivity contribution is 4.90. The SMILES string of the molecule is CNC(CN1CC(C)C(N(C)C)C1)C1CCCCC1. The van der Waals surface area contributed by atoms with Crippen LogP contribution in [-0.2, 0) is 0 Å². The fourth-order valence-electron chi connectivity index (χ4n) is 4.16. The van der Waals surface area contributed by atoms with E-state index in [9.17, 15) is 0 Å². The topological polar surface area (TPSA) is 18.5 Å². The molecule has 0 amide bonds. The quantitative estimate of drug-likeness (QED) is 0.822. The molecule has 0 radical (unpaired) electrons. The number of likely N-dealkylation sites (N-methyl/N-ethyl adjacent to an activating group) is 2. The van der Waals surface area contributed by atoms with Crippen molar-refractivity contribution in [2.45, 2.75) is 51.1 Å². The molecule has 1 aliphatic carbocycles. The molecular formula is C16H33N3. The second kappa shape index (κ2) is 7.05. The largest absolute Gasteiger partial charge is 0.315 e. The zero-order chi connectivity index (χ0) is 13.8. The standard InChI is InChI=1S/C16H33N3/c1-13-10-19(12-16(13)18(3)4)11-15(17-2)14-8-6-5-7-9-14/h13-17H,5-12H2,1-4H3. The van der Waals surface area contributed by atoms with Gasteiger partial charge in [-0.05, 0) is 45.8 Å². The van der Waals surface area contributed by atoms with Gasteiger partial charge in [0.2, 0.25) is 0 Å². The Hall–Kier alpha value is -0.120. The number of rotatable bonds is 5. The van der Waals surface area contributed by atoms with Gasteiger partial charge in [-0.2, -0.15) is 0 Å². The number of nitrogens with zero attached hydrogens (tertiary/aromatic N) is 2. The van der Waals surface area contributed by atoms with Crippen LogP contribution in [0.1, 0.15) is 39.0 Å². The Morgan fingerprint density at radius 3 is 2.37 bits per heavy atom. The minimum Gasteiger partial charge on any atom is -0.315 e. The first-order chi connectivity index (χ1) is 9.11. The number of likely N-dealkylation sites (tertiary alicyclic amines) is 1. The molecule has 0 aromatic carbocycles. The van der Waals surface area contributed by atoms with Gasteiger partial charge >= 0.3 is 0 Å². The van der Waals surface area contributed by atoms with E-state index in [2.05, 4.69) is 43.2 Å². The maximum atomic E-state index is 3.60. The van der Waals surface area contributed by atoms with E-state index in [4.69, 9.17) is 0 Å². The third-order valence-electron chi connectivity index (χ3n) is 5.36. The molecule has 3 nitrogen and oxygen atoms in total. The lowest BCUT2D eigenvalue weighted by Crippen LogP contribution is -2.44. The first-order valence-electron chi connectivity index (χ1n) is 8.18. The summed E-state index contributed by atoms with van der Waals surface area (Å²) in [5, 5.41) is 3.60. The molecule has 0 spiro atoms. The van der Waals surface area contributed by atoms with Crippen molar-refractivity contribution in [3.8, 4) is 0 Å². The number of nitrogens with one attached hydrogen (secondary N) is 1. The summed E-state index contributed by atoms with van der Waals surface area (Å²) in [7, 11) is 6.60. The summed E-state index contributed by atoms with van der Waals surface area (Å²) in [6.07, 6.45) is 7.22. The minimum atomic E-state index is 0.702. The van der Waals surface area contributed by atoms with Gasteiger partial charge in [-0.3, -0.25) is 4.90 Å². The average molecular weight is 267 g/mol. The predicted molar refractivity (Wildman–Crippen MR) is 82.5 cm³/mol. The van der Waals surface area contributed by atoms with Crippen LogP contribution in [0.3, 0.4) is 0 Å². The third-order valence-corrected chi connectivity index (χ3v) is 5.36. The summed E-state index contributed by atoms with van der Waals surface area (Å²) in [6, 6.07) is 1.44. The van der Waals surface area contributed by atoms with Gasteiger partial charge in [0, 0.05) is 31.7 Å². The second-order valence-electron chi connectivity index (χ2n) is 7.02. The molecule has 3 atom stereocenters. The molecule has 0 bridgehead atoms. The molecule has 19 heavy (non-hydrogen) atoms. The Bertz CT molecular complexity index is 261. The van der Waals surface area contributed by atoms with Gasteiger partial charge in [-0.1, -0.05) is 26.2 Å². The van der Waals surface area contributed by atoms with Gasteiger partial charge in [0.15, 0.2) is 0 Å².